The Hall–Kier alpha value is -2.04. The summed E-state index contributed by atoms with van der Waals surface area (Å²) in [4.78, 5) is 1.31. The summed E-state index contributed by atoms with van der Waals surface area (Å²) in [5.74, 6) is 0.312. The number of phenolic OH excluding ortho intramolecular Hbond substituents is 1. The van der Waals surface area contributed by atoms with Gasteiger partial charge in [-0.05, 0) is 31.0 Å². The molecular weight excluding hydrogens is 278 g/mol. The van der Waals surface area contributed by atoms with Gasteiger partial charge < -0.3 is 19.5 Å². The Labute approximate surface area is 128 Å². The van der Waals surface area contributed by atoms with Gasteiger partial charge in [0.05, 0.1) is 12.1 Å². The summed E-state index contributed by atoms with van der Waals surface area (Å²) in [6.07, 6.45) is 1.70. The van der Waals surface area contributed by atoms with Crippen LogP contribution in [0.3, 0.4) is 0 Å². The van der Waals surface area contributed by atoms with E-state index in [0.717, 1.165) is 60.0 Å². The standard InChI is InChI=1S/C18H19NO3/c20-13-4-3-7-19(11-13)10-12-8-18-15(9-16(12)21)14-5-1-2-6-17(14)22-18/h1-2,5-6,8-9,13,20-21H,3-4,7,10-11H2/p+1/t13-/m0/s1. The van der Waals surface area contributed by atoms with Crippen LogP contribution in [0.15, 0.2) is 40.8 Å². The van der Waals surface area contributed by atoms with Gasteiger partial charge >= 0.3 is 0 Å². The molecule has 22 heavy (non-hydrogen) atoms. The van der Waals surface area contributed by atoms with Crippen molar-refractivity contribution in [3.8, 4) is 5.75 Å². The average Bonchev–Trinajstić information content (AvgIpc) is 2.85. The Morgan fingerprint density at radius 1 is 1.14 bits per heavy atom. The molecule has 0 aliphatic carbocycles. The number of rotatable bonds is 2. The predicted molar refractivity (Wildman–Crippen MR) is 85.0 cm³/mol. The Morgan fingerprint density at radius 3 is 2.86 bits per heavy atom. The summed E-state index contributed by atoms with van der Waals surface area (Å²) in [5, 5.41) is 22.1. The lowest BCUT2D eigenvalue weighted by molar-refractivity contribution is -0.921. The number of nitrogens with one attached hydrogen (secondary N) is 1. The van der Waals surface area contributed by atoms with E-state index in [4.69, 9.17) is 4.42 Å². The summed E-state index contributed by atoms with van der Waals surface area (Å²) in [6.45, 7) is 2.50. The van der Waals surface area contributed by atoms with Crippen molar-refractivity contribution >= 4 is 21.9 Å². The van der Waals surface area contributed by atoms with Gasteiger partial charge in [0.25, 0.3) is 0 Å². The van der Waals surface area contributed by atoms with Gasteiger partial charge in [-0.2, -0.15) is 0 Å². The van der Waals surface area contributed by atoms with E-state index in [1.807, 2.05) is 30.3 Å². The van der Waals surface area contributed by atoms with E-state index < -0.39 is 0 Å². The fourth-order valence-electron chi connectivity index (χ4n) is 3.50. The van der Waals surface area contributed by atoms with E-state index in [1.54, 1.807) is 6.07 Å². The van der Waals surface area contributed by atoms with Gasteiger partial charge in [-0.1, -0.05) is 18.2 Å². The minimum absolute atomic E-state index is 0.221. The Kier molecular flexibility index (Phi) is 3.28. The number of likely N-dealkylation sites (tertiary alicyclic amines) is 1. The van der Waals surface area contributed by atoms with Crippen LogP contribution in [0.4, 0.5) is 0 Å². The van der Waals surface area contributed by atoms with E-state index in [9.17, 15) is 10.2 Å². The Morgan fingerprint density at radius 2 is 2.00 bits per heavy atom. The Bertz CT molecular complexity index is 824. The number of furan rings is 1. The third kappa shape index (κ3) is 2.34. The smallest absolute Gasteiger partial charge is 0.136 e. The summed E-state index contributed by atoms with van der Waals surface area (Å²) in [6, 6.07) is 11.6. The first-order valence-electron chi connectivity index (χ1n) is 7.85. The lowest BCUT2D eigenvalue weighted by Crippen LogP contribution is -3.12. The van der Waals surface area contributed by atoms with Crippen molar-refractivity contribution in [1.82, 2.24) is 0 Å². The van der Waals surface area contributed by atoms with E-state index in [2.05, 4.69) is 0 Å². The monoisotopic (exact) mass is 298 g/mol. The van der Waals surface area contributed by atoms with Crippen LogP contribution in [-0.2, 0) is 6.54 Å². The van der Waals surface area contributed by atoms with Gasteiger partial charge in [0.1, 0.15) is 36.1 Å². The summed E-state index contributed by atoms with van der Waals surface area (Å²) in [5.41, 5.74) is 2.54. The number of quaternary nitrogens is 1. The highest BCUT2D eigenvalue weighted by Crippen LogP contribution is 2.33. The number of para-hydroxylation sites is 1. The van der Waals surface area contributed by atoms with Crippen LogP contribution in [0.2, 0.25) is 0 Å². The minimum Gasteiger partial charge on any atom is -0.507 e. The third-order valence-corrected chi connectivity index (χ3v) is 4.61. The lowest BCUT2D eigenvalue weighted by atomic mass is 10.1. The van der Waals surface area contributed by atoms with Crippen LogP contribution in [0.1, 0.15) is 18.4 Å². The summed E-state index contributed by atoms with van der Waals surface area (Å²) < 4.78 is 5.89. The summed E-state index contributed by atoms with van der Waals surface area (Å²) >= 11 is 0. The molecule has 1 aliphatic heterocycles. The molecule has 0 amide bonds. The highest BCUT2D eigenvalue weighted by Gasteiger charge is 2.22. The lowest BCUT2D eigenvalue weighted by Gasteiger charge is -2.27. The van der Waals surface area contributed by atoms with Crippen molar-refractivity contribution in [3.63, 3.8) is 0 Å². The zero-order valence-corrected chi connectivity index (χ0v) is 12.4. The molecule has 3 N–H and O–H groups in total. The first kappa shape index (κ1) is 13.6. The normalized spacial score (nSPS) is 22.4. The predicted octanol–water partition coefficient (Wildman–Crippen LogP) is 1.83. The molecule has 114 valence electrons. The van der Waals surface area contributed by atoms with Crippen molar-refractivity contribution in [2.24, 2.45) is 0 Å². The number of fused-ring (bicyclic) bond motifs is 3. The molecular formula is C18H20NO3+. The van der Waals surface area contributed by atoms with Crippen LogP contribution in [0.25, 0.3) is 21.9 Å². The highest BCUT2D eigenvalue weighted by atomic mass is 16.3. The number of phenols is 1. The fourth-order valence-corrected chi connectivity index (χ4v) is 3.50. The van der Waals surface area contributed by atoms with Gasteiger partial charge in [0.15, 0.2) is 0 Å². The van der Waals surface area contributed by atoms with Gasteiger partial charge in [0.2, 0.25) is 0 Å². The number of aliphatic hydroxyl groups is 1. The first-order chi connectivity index (χ1) is 10.7. The molecule has 2 atom stereocenters. The molecule has 1 saturated heterocycles. The molecule has 2 aromatic carbocycles. The molecule has 4 heteroatoms. The van der Waals surface area contributed by atoms with Crippen molar-refractivity contribution in [2.75, 3.05) is 13.1 Å². The van der Waals surface area contributed by atoms with Crippen molar-refractivity contribution < 1.29 is 19.5 Å². The maximum absolute atomic E-state index is 10.4. The molecule has 0 spiro atoms. The molecule has 3 aromatic rings. The fraction of sp³-hybridized carbons (Fsp3) is 0.333. The largest absolute Gasteiger partial charge is 0.507 e. The second-order valence-corrected chi connectivity index (χ2v) is 6.25. The van der Waals surface area contributed by atoms with Crippen molar-refractivity contribution in [1.29, 1.82) is 0 Å². The molecule has 0 radical (unpaired) electrons. The van der Waals surface area contributed by atoms with E-state index in [0.29, 0.717) is 5.75 Å². The van der Waals surface area contributed by atoms with Crippen LogP contribution < -0.4 is 4.90 Å². The van der Waals surface area contributed by atoms with E-state index in [-0.39, 0.29) is 6.10 Å². The number of hydrogen-bond donors (Lipinski definition) is 3. The third-order valence-electron chi connectivity index (χ3n) is 4.61. The molecule has 1 unspecified atom stereocenters. The van der Waals surface area contributed by atoms with Gasteiger partial charge in [-0.15, -0.1) is 0 Å². The number of hydrogen-bond acceptors (Lipinski definition) is 3. The maximum atomic E-state index is 10.4. The molecule has 4 rings (SSSR count). The number of aliphatic hydroxyl groups excluding tert-OH is 1. The van der Waals surface area contributed by atoms with Crippen molar-refractivity contribution in [2.45, 2.75) is 25.5 Å². The molecule has 1 fully saturated rings. The average molecular weight is 298 g/mol. The number of aromatic hydroxyl groups is 1. The summed E-state index contributed by atoms with van der Waals surface area (Å²) in [7, 11) is 0. The second-order valence-electron chi connectivity index (χ2n) is 6.25. The minimum atomic E-state index is -0.221. The zero-order chi connectivity index (χ0) is 15.1. The quantitative estimate of drug-likeness (QED) is 0.676. The Balaban J connectivity index is 1.72. The van der Waals surface area contributed by atoms with Crippen LogP contribution in [0.5, 0.6) is 5.75 Å². The molecule has 0 saturated carbocycles. The van der Waals surface area contributed by atoms with Crippen LogP contribution in [0, 0.1) is 0 Å². The number of piperidine rings is 1. The molecule has 4 nitrogen and oxygen atoms in total. The van der Waals surface area contributed by atoms with E-state index >= 15 is 0 Å². The number of benzene rings is 2. The SMILES string of the molecule is Oc1cc2c(cc1C[NH+]1CCC[C@H](O)C1)oc1ccccc12. The molecule has 1 aromatic heterocycles. The molecule has 1 aliphatic rings. The van der Waals surface area contributed by atoms with Gasteiger partial charge in [-0.25, -0.2) is 0 Å². The maximum Gasteiger partial charge on any atom is 0.136 e. The second kappa shape index (κ2) is 5.30. The highest BCUT2D eigenvalue weighted by molar-refractivity contribution is 6.05. The van der Waals surface area contributed by atoms with Gasteiger partial charge in [0, 0.05) is 10.8 Å². The topological polar surface area (TPSA) is 58.0 Å². The van der Waals surface area contributed by atoms with Crippen molar-refractivity contribution in [3.05, 3.63) is 42.0 Å². The molecule has 0 bridgehead atoms. The first-order valence-corrected chi connectivity index (χ1v) is 7.85. The van der Waals surface area contributed by atoms with Gasteiger partial charge in [-0.3, -0.25) is 0 Å². The zero-order valence-electron chi connectivity index (χ0n) is 12.4. The molecule has 2 heterocycles. The van der Waals surface area contributed by atoms with Crippen LogP contribution in [-0.4, -0.2) is 29.4 Å². The van der Waals surface area contributed by atoms with Crippen LogP contribution >= 0.6 is 0 Å². The van der Waals surface area contributed by atoms with E-state index in [1.165, 1.54) is 4.90 Å².